The number of likely N-dealkylation sites (tertiary alicyclic amines) is 1. The number of carbonyl (C=O) groups is 2. The number of hydrogen-bond acceptors (Lipinski definition) is 5. The summed E-state index contributed by atoms with van der Waals surface area (Å²) in [6, 6.07) is 13.0. The molecule has 1 amide bonds. The number of nitrogens with one attached hydrogen (secondary N) is 1. The smallest absolute Gasteiger partial charge is 0.307 e. The Labute approximate surface area is 201 Å². The zero-order chi connectivity index (χ0) is 24.5. The van der Waals surface area contributed by atoms with E-state index in [-0.39, 0.29) is 24.1 Å². The molecule has 7 heteroatoms. The van der Waals surface area contributed by atoms with Crippen LogP contribution >= 0.6 is 0 Å². The summed E-state index contributed by atoms with van der Waals surface area (Å²) in [5.41, 5.74) is 9.56. The van der Waals surface area contributed by atoms with Crippen molar-refractivity contribution in [2.75, 3.05) is 37.7 Å². The lowest BCUT2D eigenvalue weighted by Gasteiger charge is -2.22. The fourth-order valence-corrected chi connectivity index (χ4v) is 3.94. The molecule has 1 aliphatic heterocycles. The van der Waals surface area contributed by atoms with E-state index in [4.69, 9.17) is 15.9 Å². The Bertz CT molecular complexity index is 1110. The quantitative estimate of drug-likeness (QED) is 0.272. The third-order valence-corrected chi connectivity index (χ3v) is 5.77. The number of amides is 1. The zero-order valence-electron chi connectivity index (χ0n) is 19.9. The van der Waals surface area contributed by atoms with Crippen LogP contribution in [0.25, 0.3) is 0 Å². The number of carbonyl (C=O) groups excluding carboxylic acids is 2. The summed E-state index contributed by atoms with van der Waals surface area (Å²) in [6.45, 7) is 6.52. The van der Waals surface area contributed by atoms with Crippen molar-refractivity contribution in [3.05, 3.63) is 64.7 Å². The minimum Gasteiger partial charge on any atom is -0.466 e. The van der Waals surface area contributed by atoms with Crippen LogP contribution in [0.15, 0.2) is 42.5 Å². The van der Waals surface area contributed by atoms with Crippen LogP contribution in [-0.2, 0) is 9.53 Å². The first kappa shape index (κ1) is 24.8. The number of nitrogens with two attached hydrogens (primary N) is 1. The summed E-state index contributed by atoms with van der Waals surface area (Å²) in [7, 11) is 0. The molecule has 178 valence electrons. The van der Waals surface area contributed by atoms with E-state index < -0.39 is 0 Å². The third kappa shape index (κ3) is 6.61. The SMILES string of the molecule is CCOC(=O)CCN(CC#Cc1ccc(C(=O)N2CCCC2)c(C)c1)c1cccc(C(=N)N)c1. The van der Waals surface area contributed by atoms with Gasteiger partial charge in [-0.1, -0.05) is 24.0 Å². The highest BCUT2D eigenvalue weighted by atomic mass is 16.5. The Morgan fingerprint density at radius 3 is 2.62 bits per heavy atom. The number of amidine groups is 1. The Morgan fingerprint density at radius 2 is 1.94 bits per heavy atom. The van der Waals surface area contributed by atoms with E-state index >= 15 is 0 Å². The van der Waals surface area contributed by atoms with E-state index in [1.165, 1.54) is 0 Å². The van der Waals surface area contributed by atoms with Crippen LogP contribution in [-0.4, -0.2) is 55.4 Å². The largest absolute Gasteiger partial charge is 0.466 e. The number of aryl methyl sites for hydroxylation is 1. The second kappa shape index (κ2) is 11.9. The van der Waals surface area contributed by atoms with E-state index in [1.54, 1.807) is 13.0 Å². The van der Waals surface area contributed by atoms with Crippen molar-refractivity contribution in [2.45, 2.75) is 33.1 Å². The predicted octanol–water partition coefficient (Wildman–Crippen LogP) is 3.33. The molecule has 0 aliphatic carbocycles. The van der Waals surface area contributed by atoms with Crippen molar-refractivity contribution in [3.63, 3.8) is 0 Å². The summed E-state index contributed by atoms with van der Waals surface area (Å²) < 4.78 is 5.06. The summed E-state index contributed by atoms with van der Waals surface area (Å²) >= 11 is 0. The van der Waals surface area contributed by atoms with Gasteiger partial charge in [0.2, 0.25) is 0 Å². The number of anilines is 1. The van der Waals surface area contributed by atoms with Gasteiger partial charge in [-0.15, -0.1) is 0 Å². The van der Waals surface area contributed by atoms with Crippen LogP contribution < -0.4 is 10.6 Å². The van der Waals surface area contributed by atoms with Gasteiger partial charge in [0.15, 0.2) is 0 Å². The second-order valence-electron chi connectivity index (χ2n) is 8.27. The van der Waals surface area contributed by atoms with Crippen LogP contribution in [0.3, 0.4) is 0 Å². The molecule has 34 heavy (non-hydrogen) atoms. The van der Waals surface area contributed by atoms with E-state index in [2.05, 4.69) is 11.8 Å². The molecule has 0 unspecified atom stereocenters. The van der Waals surface area contributed by atoms with Gasteiger partial charge in [0, 0.05) is 42.0 Å². The molecule has 3 N–H and O–H groups in total. The fraction of sp³-hybridized carbons (Fsp3) is 0.370. The molecular weight excluding hydrogens is 428 g/mol. The van der Waals surface area contributed by atoms with Crippen molar-refractivity contribution < 1.29 is 14.3 Å². The first-order valence-corrected chi connectivity index (χ1v) is 11.6. The van der Waals surface area contributed by atoms with Crippen molar-refractivity contribution >= 4 is 23.4 Å². The van der Waals surface area contributed by atoms with Crippen LogP contribution in [0, 0.1) is 24.2 Å². The van der Waals surface area contributed by atoms with Crippen molar-refractivity contribution in [1.82, 2.24) is 4.90 Å². The summed E-state index contributed by atoms with van der Waals surface area (Å²) in [4.78, 5) is 28.5. The monoisotopic (exact) mass is 460 g/mol. The number of nitrogen functional groups attached to an aromatic ring is 1. The minimum atomic E-state index is -0.267. The molecule has 1 fully saturated rings. The van der Waals surface area contributed by atoms with Gasteiger partial charge >= 0.3 is 5.97 Å². The van der Waals surface area contributed by atoms with Crippen LogP contribution in [0.5, 0.6) is 0 Å². The molecule has 0 saturated carbocycles. The van der Waals surface area contributed by atoms with Gasteiger partial charge in [0.25, 0.3) is 5.91 Å². The lowest BCUT2D eigenvalue weighted by atomic mass is 10.0. The van der Waals surface area contributed by atoms with Gasteiger partial charge in [0.05, 0.1) is 19.6 Å². The lowest BCUT2D eigenvalue weighted by Crippen LogP contribution is -2.28. The maximum absolute atomic E-state index is 12.7. The normalized spacial score (nSPS) is 12.6. The van der Waals surface area contributed by atoms with Gasteiger partial charge in [-0.05, 0) is 62.6 Å². The molecule has 2 aromatic carbocycles. The van der Waals surface area contributed by atoms with E-state index in [0.717, 1.165) is 48.3 Å². The third-order valence-electron chi connectivity index (χ3n) is 5.77. The molecule has 1 saturated heterocycles. The Morgan fingerprint density at radius 1 is 1.18 bits per heavy atom. The Balaban J connectivity index is 1.74. The number of ether oxygens (including phenoxy) is 1. The van der Waals surface area contributed by atoms with Crippen LogP contribution in [0.2, 0.25) is 0 Å². The molecule has 1 aliphatic rings. The number of esters is 1. The van der Waals surface area contributed by atoms with Crippen molar-refractivity contribution in [3.8, 4) is 11.8 Å². The van der Waals surface area contributed by atoms with E-state index in [1.807, 2.05) is 53.1 Å². The van der Waals surface area contributed by atoms with Crippen molar-refractivity contribution in [1.29, 1.82) is 5.41 Å². The van der Waals surface area contributed by atoms with Gasteiger partial charge < -0.3 is 20.3 Å². The summed E-state index contributed by atoms with van der Waals surface area (Å²) in [5, 5.41) is 7.70. The van der Waals surface area contributed by atoms with Gasteiger partial charge in [0.1, 0.15) is 5.84 Å². The minimum absolute atomic E-state index is 0.0164. The number of nitrogens with zero attached hydrogens (tertiary/aromatic N) is 2. The Kier molecular flexibility index (Phi) is 8.69. The van der Waals surface area contributed by atoms with Crippen molar-refractivity contribution in [2.24, 2.45) is 5.73 Å². The first-order chi connectivity index (χ1) is 16.4. The highest BCUT2D eigenvalue weighted by Crippen LogP contribution is 2.18. The average molecular weight is 461 g/mol. The first-order valence-electron chi connectivity index (χ1n) is 11.6. The topological polar surface area (TPSA) is 99.7 Å². The average Bonchev–Trinajstić information content (AvgIpc) is 3.36. The zero-order valence-corrected chi connectivity index (χ0v) is 19.9. The molecular formula is C27H32N4O3. The molecule has 0 atom stereocenters. The molecule has 0 aromatic heterocycles. The Hall–Kier alpha value is -3.79. The lowest BCUT2D eigenvalue weighted by molar-refractivity contribution is -0.142. The second-order valence-corrected chi connectivity index (χ2v) is 8.27. The van der Waals surface area contributed by atoms with Crippen LogP contribution in [0.4, 0.5) is 5.69 Å². The molecule has 0 radical (unpaired) electrons. The maximum Gasteiger partial charge on any atom is 0.307 e. The van der Waals surface area contributed by atoms with E-state index in [0.29, 0.717) is 25.3 Å². The number of rotatable bonds is 8. The maximum atomic E-state index is 12.7. The molecule has 3 rings (SSSR count). The molecule has 1 heterocycles. The molecule has 0 bridgehead atoms. The van der Waals surface area contributed by atoms with E-state index in [9.17, 15) is 9.59 Å². The molecule has 2 aromatic rings. The standard InChI is InChI=1S/C27H32N4O3/c1-3-34-25(32)13-17-30(23-10-6-9-22(19-23)26(28)29)16-7-8-21-11-12-24(20(2)18-21)27(33)31-14-4-5-15-31/h6,9-12,18-19H,3-5,13-17H2,1-2H3,(H3,28,29). The van der Waals surface area contributed by atoms with Gasteiger partial charge in [-0.3, -0.25) is 15.0 Å². The van der Waals surface area contributed by atoms with Gasteiger partial charge in [-0.2, -0.15) is 0 Å². The molecule has 0 spiro atoms. The fourth-order valence-electron chi connectivity index (χ4n) is 3.94. The molecule has 7 nitrogen and oxygen atoms in total. The highest BCUT2D eigenvalue weighted by molar-refractivity contribution is 5.96. The summed E-state index contributed by atoms with van der Waals surface area (Å²) in [6.07, 6.45) is 2.36. The van der Waals surface area contributed by atoms with Crippen LogP contribution in [0.1, 0.15) is 53.2 Å². The summed E-state index contributed by atoms with van der Waals surface area (Å²) in [5.74, 6) is 6.16. The highest BCUT2D eigenvalue weighted by Gasteiger charge is 2.20. The number of benzene rings is 2. The number of hydrogen-bond donors (Lipinski definition) is 2. The predicted molar refractivity (Wildman–Crippen MR) is 134 cm³/mol. The van der Waals surface area contributed by atoms with Gasteiger partial charge in [-0.25, -0.2) is 0 Å².